The van der Waals surface area contributed by atoms with Crippen LogP contribution < -0.4 is 5.32 Å². The van der Waals surface area contributed by atoms with Gasteiger partial charge in [0.05, 0.1) is 4.92 Å². The van der Waals surface area contributed by atoms with Gasteiger partial charge in [0.15, 0.2) is 0 Å². The number of rotatable bonds is 6. The van der Waals surface area contributed by atoms with Gasteiger partial charge in [0, 0.05) is 29.6 Å². The number of nitrogens with zero attached hydrogens (tertiary/aromatic N) is 1. The van der Waals surface area contributed by atoms with E-state index in [9.17, 15) is 14.9 Å². The van der Waals surface area contributed by atoms with E-state index in [0.29, 0.717) is 23.4 Å². The highest BCUT2D eigenvalue weighted by Crippen LogP contribution is 2.17. The van der Waals surface area contributed by atoms with Gasteiger partial charge in [-0.1, -0.05) is 6.92 Å². The molecule has 1 amide bonds. The molecule has 0 saturated carbocycles. The lowest BCUT2D eigenvalue weighted by Gasteiger charge is -2.15. The SMILES string of the molecule is CCC(CCCl)NC(=O)c1cc(C)cc([N+](=O)[O-])c1. The first-order valence-corrected chi connectivity index (χ1v) is 6.64. The molecule has 0 aromatic heterocycles. The zero-order valence-corrected chi connectivity index (χ0v) is 11.7. The summed E-state index contributed by atoms with van der Waals surface area (Å²) in [5.41, 5.74) is 0.917. The quantitative estimate of drug-likeness (QED) is 0.496. The Morgan fingerprint density at radius 1 is 1.47 bits per heavy atom. The maximum atomic E-state index is 12.0. The van der Waals surface area contributed by atoms with Crippen molar-refractivity contribution < 1.29 is 9.72 Å². The van der Waals surface area contributed by atoms with Crippen molar-refractivity contribution in [2.75, 3.05) is 5.88 Å². The fourth-order valence-corrected chi connectivity index (χ4v) is 2.04. The summed E-state index contributed by atoms with van der Waals surface area (Å²) in [4.78, 5) is 22.3. The lowest BCUT2D eigenvalue weighted by Crippen LogP contribution is -2.34. The van der Waals surface area contributed by atoms with Crippen LogP contribution in [-0.4, -0.2) is 22.8 Å². The van der Waals surface area contributed by atoms with Gasteiger partial charge >= 0.3 is 0 Å². The minimum absolute atomic E-state index is 0.00966. The number of nitro groups is 1. The van der Waals surface area contributed by atoms with Crippen molar-refractivity contribution in [2.45, 2.75) is 32.7 Å². The second-order valence-electron chi connectivity index (χ2n) is 4.37. The van der Waals surface area contributed by atoms with Crippen molar-refractivity contribution in [3.8, 4) is 0 Å². The summed E-state index contributed by atoms with van der Waals surface area (Å²) in [5.74, 6) is 0.163. The second kappa shape index (κ2) is 7.09. The van der Waals surface area contributed by atoms with Crippen LogP contribution in [0.2, 0.25) is 0 Å². The van der Waals surface area contributed by atoms with Gasteiger partial charge in [0.25, 0.3) is 11.6 Å². The molecule has 0 bridgehead atoms. The van der Waals surface area contributed by atoms with Gasteiger partial charge in [-0.15, -0.1) is 11.6 Å². The molecule has 0 spiro atoms. The number of alkyl halides is 1. The third-order valence-electron chi connectivity index (χ3n) is 2.82. The zero-order valence-electron chi connectivity index (χ0n) is 11.0. The molecular formula is C13H17ClN2O3. The van der Waals surface area contributed by atoms with E-state index in [4.69, 9.17) is 11.6 Å². The van der Waals surface area contributed by atoms with Crippen LogP contribution in [0.4, 0.5) is 5.69 Å². The highest BCUT2D eigenvalue weighted by Gasteiger charge is 2.15. The third kappa shape index (κ3) is 4.52. The van der Waals surface area contributed by atoms with Crippen molar-refractivity contribution in [1.29, 1.82) is 0 Å². The number of nitrogens with one attached hydrogen (secondary N) is 1. The largest absolute Gasteiger partial charge is 0.349 e. The Kier molecular flexibility index (Phi) is 5.76. The van der Waals surface area contributed by atoms with Gasteiger partial charge in [-0.2, -0.15) is 0 Å². The Balaban J connectivity index is 2.90. The molecule has 0 aliphatic rings. The molecule has 1 aromatic rings. The molecule has 0 fully saturated rings. The summed E-state index contributed by atoms with van der Waals surface area (Å²) >= 11 is 5.66. The van der Waals surface area contributed by atoms with E-state index >= 15 is 0 Å². The number of halogens is 1. The summed E-state index contributed by atoms with van der Waals surface area (Å²) in [6.07, 6.45) is 1.45. The minimum atomic E-state index is -0.500. The Hall–Kier alpha value is -1.62. The summed E-state index contributed by atoms with van der Waals surface area (Å²) in [6.45, 7) is 3.68. The maximum absolute atomic E-state index is 12.0. The average Bonchev–Trinajstić information content (AvgIpc) is 2.37. The molecule has 1 aromatic carbocycles. The van der Waals surface area contributed by atoms with E-state index < -0.39 is 4.92 Å². The highest BCUT2D eigenvalue weighted by atomic mass is 35.5. The molecule has 1 N–H and O–H groups in total. The van der Waals surface area contributed by atoms with Crippen LogP contribution in [0.1, 0.15) is 35.7 Å². The fraction of sp³-hybridized carbons (Fsp3) is 0.462. The fourth-order valence-electron chi connectivity index (χ4n) is 1.78. The van der Waals surface area contributed by atoms with Crippen LogP contribution in [0.5, 0.6) is 0 Å². The van der Waals surface area contributed by atoms with Crippen LogP contribution >= 0.6 is 11.6 Å². The predicted molar refractivity (Wildman–Crippen MR) is 74.7 cm³/mol. The molecule has 0 aliphatic carbocycles. The highest BCUT2D eigenvalue weighted by molar-refractivity contribution is 6.17. The van der Waals surface area contributed by atoms with Gasteiger partial charge in [0.1, 0.15) is 0 Å². The first-order chi connectivity index (χ1) is 8.97. The van der Waals surface area contributed by atoms with Gasteiger partial charge in [-0.3, -0.25) is 14.9 Å². The van der Waals surface area contributed by atoms with Crippen LogP contribution in [0.15, 0.2) is 18.2 Å². The minimum Gasteiger partial charge on any atom is -0.349 e. The molecule has 19 heavy (non-hydrogen) atoms. The van der Waals surface area contributed by atoms with E-state index in [0.717, 1.165) is 6.42 Å². The summed E-state index contributed by atoms with van der Waals surface area (Å²) < 4.78 is 0. The maximum Gasteiger partial charge on any atom is 0.270 e. The number of hydrogen-bond acceptors (Lipinski definition) is 3. The Morgan fingerprint density at radius 3 is 2.68 bits per heavy atom. The molecule has 104 valence electrons. The molecule has 1 unspecified atom stereocenters. The van der Waals surface area contributed by atoms with Gasteiger partial charge in [-0.05, 0) is 31.4 Å². The van der Waals surface area contributed by atoms with Gasteiger partial charge in [0.2, 0.25) is 0 Å². The predicted octanol–water partition coefficient (Wildman–Crippen LogP) is 3.04. The molecule has 1 atom stereocenters. The Bertz CT molecular complexity index is 477. The number of non-ortho nitro benzene ring substituents is 1. The van der Waals surface area contributed by atoms with Crippen LogP contribution in [0.3, 0.4) is 0 Å². The smallest absolute Gasteiger partial charge is 0.270 e. The molecular weight excluding hydrogens is 268 g/mol. The van der Waals surface area contributed by atoms with E-state index in [1.807, 2.05) is 6.92 Å². The number of nitro benzene ring substituents is 1. The van der Waals surface area contributed by atoms with Gasteiger partial charge in [-0.25, -0.2) is 0 Å². The number of benzene rings is 1. The molecule has 6 heteroatoms. The third-order valence-corrected chi connectivity index (χ3v) is 3.04. The lowest BCUT2D eigenvalue weighted by molar-refractivity contribution is -0.384. The van der Waals surface area contributed by atoms with Crippen molar-refractivity contribution in [3.63, 3.8) is 0 Å². The van der Waals surface area contributed by atoms with Crippen LogP contribution in [0, 0.1) is 17.0 Å². The summed E-state index contributed by atoms with van der Waals surface area (Å²) in [5, 5.41) is 13.6. The van der Waals surface area contributed by atoms with Crippen molar-refractivity contribution in [3.05, 3.63) is 39.4 Å². The average molecular weight is 285 g/mol. The van der Waals surface area contributed by atoms with Crippen LogP contribution in [0.25, 0.3) is 0 Å². The van der Waals surface area contributed by atoms with Crippen molar-refractivity contribution in [2.24, 2.45) is 0 Å². The Labute approximate surface area is 117 Å². The number of amides is 1. The number of carbonyl (C=O) groups excluding carboxylic acids is 1. The first kappa shape index (κ1) is 15.4. The molecule has 0 heterocycles. The number of carbonyl (C=O) groups is 1. The standard InChI is InChI=1S/C13H17ClN2O3/c1-3-11(4-5-14)15-13(17)10-6-9(2)7-12(8-10)16(18)19/h6-8,11H,3-5H2,1-2H3,(H,15,17). The van der Waals surface area contributed by atoms with E-state index in [1.165, 1.54) is 12.1 Å². The Morgan fingerprint density at radius 2 is 2.16 bits per heavy atom. The topological polar surface area (TPSA) is 72.2 Å². The summed E-state index contributed by atoms with van der Waals surface area (Å²) in [7, 11) is 0. The van der Waals surface area contributed by atoms with Crippen molar-refractivity contribution >= 4 is 23.2 Å². The zero-order chi connectivity index (χ0) is 14.4. The van der Waals surface area contributed by atoms with E-state index in [2.05, 4.69) is 5.32 Å². The monoisotopic (exact) mass is 284 g/mol. The summed E-state index contributed by atoms with van der Waals surface area (Å²) in [6, 6.07) is 4.35. The molecule has 0 radical (unpaired) electrons. The van der Waals surface area contributed by atoms with E-state index in [1.54, 1.807) is 13.0 Å². The molecule has 5 nitrogen and oxygen atoms in total. The normalized spacial score (nSPS) is 11.9. The molecule has 0 saturated heterocycles. The van der Waals surface area contributed by atoms with Gasteiger partial charge < -0.3 is 5.32 Å². The van der Waals surface area contributed by atoms with Crippen molar-refractivity contribution in [1.82, 2.24) is 5.32 Å². The number of hydrogen-bond donors (Lipinski definition) is 1. The van der Waals surface area contributed by atoms with E-state index in [-0.39, 0.29) is 17.6 Å². The lowest BCUT2D eigenvalue weighted by atomic mass is 10.1. The molecule has 0 aliphatic heterocycles. The molecule has 1 rings (SSSR count). The first-order valence-electron chi connectivity index (χ1n) is 6.10. The van der Waals surface area contributed by atoms with Crippen LogP contribution in [-0.2, 0) is 0 Å². The number of aryl methyl sites for hydroxylation is 1. The second-order valence-corrected chi connectivity index (χ2v) is 4.75.